The van der Waals surface area contributed by atoms with Crippen molar-refractivity contribution in [3.05, 3.63) is 88.5 Å². The minimum Gasteiger partial charge on any atom is -0.388 e. The van der Waals surface area contributed by atoms with Gasteiger partial charge in [0.25, 0.3) is 0 Å². The highest BCUT2D eigenvalue weighted by Gasteiger charge is 2.35. The molecule has 2 unspecified atom stereocenters. The molecule has 0 spiro atoms. The molecule has 1 saturated heterocycles. The topological polar surface area (TPSA) is 50.5 Å². The van der Waals surface area contributed by atoms with E-state index in [-0.39, 0.29) is 11.2 Å². The molecule has 3 aromatic rings. The van der Waals surface area contributed by atoms with Crippen LogP contribution in [0.2, 0.25) is 0 Å². The van der Waals surface area contributed by atoms with E-state index >= 15 is 0 Å². The largest absolute Gasteiger partial charge is 0.388 e. The standard InChI is InChI=1S/C28H32FN3O2/c1-20-15-26-22(18-30-32(26)24-9-7-23(29)8-10-24)16-28(20,2)17-27(33)25-6-4-3-5-21(25)19-31-11-13-34-14-12-31/h3-10,15,18,27,33H,11-14,16-17,19H2,1-2H3. The van der Waals surface area contributed by atoms with E-state index in [4.69, 9.17) is 4.74 Å². The number of hydrogen-bond donors (Lipinski definition) is 1. The second-order valence-corrected chi connectivity index (χ2v) is 9.82. The SMILES string of the molecule is CC1=Cc2c(cnn2-c2ccc(F)cc2)CC1(C)CC(O)c1ccccc1CN1CCOCC1. The quantitative estimate of drug-likeness (QED) is 0.565. The number of aliphatic hydroxyl groups is 1. The summed E-state index contributed by atoms with van der Waals surface area (Å²) in [7, 11) is 0. The summed E-state index contributed by atoms with van der Waals surface area (Å²) in [5, 5.41) is 16.0. The number of halogens is 1. The van der Waals surface area contributed by atoms with Crippen molar-refractivity contribution in [3.63, 3.8) is 0 Å². The second kappa shape index (κ2) is 9.45. The van der Waals surface area contributed by atoms with E-state index in [0.717, 1.165) is 61.8 Å². The zero-order valence-electron chi connectivity index (χ0n) is 19.9. The Morgan fingerprint density at radius 1 is 1.12 bits per heavy atom. The third-order valence-electron chi connectivity index (χ3n) is 7.40. The smallest absolute Gasteiger partial charge is 0.123 e. The molecule has 0 radical (unpaired) electrons. The van der Waals surface area contributed by atoms with Crippen LogP contribution in [0.15, 0.2) is 60.3 Å². The molecule has 178 valence electrons. The molecule has 0 bridgehead atoms. The first-order chi connectivity index (χ1) is 16.4. The average molecular weight is 462 g/mol. The van der Waals surface area contributed by atoms with Gasteiger partial charge in [-0.3, -0.25) is 4.90 Å². The molecule has 5 rings (SSSR count). The summed E-state index contributed by atoms with van der Waals surface area (Å²) in [6.45, 7) is 8.57. The summed E-state index contributed by atoms with van der Waals surface area (Å²) in [4.78, 5) is 2.39. The Bertz CT molecular complexity index is 1180. The van der Waals surface area contributed by atoms with Crippen molar-refractivity contribution < 1.29 is 14.2 Å². The number of ether oxygens (including phenoxy) is 1. The van der Waals surface area contributed by atoms with Crippen LogP contribution in [0.25, 0.3) is 11.8 Å². The monoisotopic (exact) mass is 461 g/mol. The molecule has 34 heavy (non-hydrogen) atoms. The van der Waals surface area contributed by atoms with Crippen LogP contribution in [-0.4, -0.2) is 46.1 Å². The van der Waals surface area contributed by atoms with Gasteiger partial charge in [-0.15, -0.1) is 0 Å². The lowest BCUT2D eigenvalue weighted by Gasteiger charge is -2.36. The Balaban J connectivity index is 1.36. The van der Waals surface area contributed by atoms with Crippen molar-refractivity contribution in [2.45, 2.75) is 39.3 Å². The molecule has 1 aliphatic heterocycles. The lowest BCUT2D eigenvalue weighted by atomic mass is 9.69. The zero-order chi connectivity index (χ0) is 23.7. The Labute approximate surface area is 200 Å². The lowest BCUT2D eigenvalue weighted by molar-refractivity contribution is 0.0335. The molecule has 1 aliphatic carbocycles. The lowest BCUT2D eigenvalue weighted by Crippen LogP contribution is -2.36. The molecule has 6 heteroatoms. The second-order valence-electron chi connectivity index (χ2n) is 9.82. The van der Waals surface area contributed by atoms with E-state index in [1.54, 1.807) is 12.1 Å². The molecule has 0 amide bonds. The highest BCUT2D eigenvalue weighted by molar-refractivity contribution is 5.60. The van der Waals surface area contributed by atoms with Gasteiger partial charge in [0.15, 0.2) is 0 Å². The number of hydrogen-bond acceptors (Lipinski definition) is 4. The number of morpholine rings is 1. The van der Waals surface area contributed by atoms with Crippen molar-refractivity contribution >= 4 is 6.08 Å². The van der Waals surface area contributed by atoms with E-state index in [2.05, 4.69) is 48.1 Å². The molecule has 1 N–H and O–H groups in total. The van der Waals surface area contributed by atoms with Crippen LogP contribution in [0.5, 0.6) is 0 Å². The molecule has 5 nitrogen and oxygen atoms in total. The molecule has 2 heterocycles. The summed E-state index contributed by atoms with van der Waals surface area (Å²) >= 11 is 0. The predicted octanol–water partition coefficient (Wildman–Crippen LogP) is 4.93. The zero-order valence-corrected chi connectivity index (χ0v) is 19.9. The van der Waals surface area contributed by atoms with Gasteiger partial charge in [-0.25, -0.2) is 9.07 Å². The molecule has 2 aromatic carbocycles. The van der Waals surface area contributed by atoms with E-state index in [9.17, 15) is 9.50 Å². The number of rotatable bonds is 6. The first-order valence-electron chi connectivity index (χ1n) is 12.0. The predicted molar refractivity (Wildman–Crippen MR) is 131 cm³/mol. The Morgan fingerprint density at radius 3 is 2.62 bits per heavy atom. The van der Waals surface area contributed by atoms with Gasteiger partial charge in [0.2, 0.25) is 0 Å². The van der Waals surface area contributed by atoms with Gasteiger partial charge in [-0.2, -0.15) is 5.10 Å². The third kappa shape index (κ3) is 4.58. The van der Waals surface area contributed by atoms with Crippen LogP contribution in [0.1, 0.15) is 48.8 Å². The van der Waals surface area contributed by atoms with E-state index < -0.39 is 6.10 Å². The van der Waals surface area contributed by atoms with Crippen molar-refractivity contribution in [1.82, 2.24) is 14.7 Å². The minimum atomic E-state index is -0.556. The Hall–Kier alpha value is -2.80. The van der Waals surface area contributed by atoms with Gasteiger partial charge in [-0.1, -0.05) is 36.8 Å². The third-order valence-corrected chi connectivity index (χ3v) is 7.40. The highest BCUT2D eigenvalue weighted by Crippen LogP contribution is 2.45. The van der Waals surface area contributed by atoms with Gasteiger partial charge in [0, 0.05) is 19.6 Å². The van der Waals surface area contributed by atoms with Crippen molar-refractivity contribution in [2.24, 2.45) is 5.41 Å². The first-order valence-corrected chi connectivity index (χ1v) is 12.0. The number of fused-ring (bicyclic) bond motifs is 1. The van der Waals surface area contributed by atoms with Crippen molar-refractivity contribution in [1.29, 1.82) is 0 Å². The summed E-state index contributed by atoms with van der Waals surface area (Å²) < 4.78 is 20.7. The maximum atomic E-state index is 13.4. The van der Waals surface area contributed by atoms with Crippen LogP contribution in [-0.2, 0) is 17.7 Å². The summed E-state index contributed by atoms with van der Waals surface area (Å²) in [5.74, 6) is -0.257. The number of aliphatic hydroxyl groups excluding tert-OH is 1. The molecule has 2 aliphatic rings. The maximum Gasteiger partial charge on any atom is 0.123 e. The van der Waals surface area contributed by atoms with Gasteiger partial charge in [-0.05, 0) is 72.2 Å². The normalized spacial score (nSPS) is 21.7. The molecular weight excluding hydrogens is 429 g/mol. The highest BCUT2D eigenvalue weighted by atomic mass is 19.1. The molecule has 1 aromatic heterocycles. The van der Waals surface area contributed by atoms with Crippen LogP contribution < -0.4 is 0 Å². The number of benzene rings is 2. The summed E-state index contributed by atoms with van der Waals surface area (Å²) in [5.41, 5.74) is 6.24. The van der Waals surface area contributed by atoms with Crippen molar-refractivity contribution in [2.75, 3.05) is 26.3 Å². The summed E-state index contributed by atoms with van der Waals surface area (Å²) in [6, 6.07) is 14.7. The fraction of sp³-hybridized carbons (Fsp3) is 0.393. The molecule has 2 atom stereocenters. The van der Waals surface area contributed by atoms with E-state index in [1.807, 2.05) is 16.9 Å². The van der Waals surface area contributed by atoms with Gasteiger partial charge < -0.3 is 9.84 Å². The number of allylic oxidation sites excluding steroid dienone is 1. The van der Waals surface area contributed by atoms with Crippen LogP contribution in [0.3, 0.4) is 0 Å². The Kier molecular flexibility index (Phi) is 6.38. The number of nitrogens with zero attached hydrogens (tertiary/aromatic N) is 3. The van der Waals surface area contributed by atoms with E-state index in [0.29, 0.717) is 6.42 Å². The molecular formula is C28H32FN3O2. The van der Waals surface area contributed by atoms with Gasteiger partial charge >= 0.3 is 0 Å². The Morgan fingerprint density at radius 2 is 1.85 bits per heavy atom. The summed E-state index contributed by atoms with van der Waals surface area (Å²) in [6.07, 6.45) is 4.95. The fourth-order valence-corrected chi connectivity index (χ4v) is 5.18. The van der Waals surface area contributed by atoms with Crippen LogP contribution >= 0.6 is 0 Å². The average Bonchev–Trinajstić information content (AvgIpc) is 3.22. The number of aromatic nitrogens is 2. The van der Waals surface area contributed by atoms with Crippen LogP contribution in [0, 0.1) is 11.2 Å². The van der Waals surface area contributed by atoms with E-state index in [1.165, 1.54) is 23.3 Å². The molecule has 0 saturated carbocycles. The minimum absolute atomic E-state index is 0.185. The van der Waals surface area contributed by atoms with Gasteiger partial charge in [0.1, 0.15) is 5.82 Å². The maximum absolute atomic E-state index is 13.4. The first kappa shape index (κ1) is 23.0. The molecule has 1 fully saturated rings. The van der Waals surface area contributed by atoms with Gasteiger partial charge in [0.05, 0.1) is 36.9 Å². The van der Waals surface area contributed by atoms with Crippen LogP contribution in [0.4, 0.5) is 4.39 Å². The fourth-order valence-electron chi connectivity index (χ4n) is 5.18. The van der Waals surface area contributed by atoms with Crippen molar-refractivity contribution in [3.8, 4) is 5.69 Å².